The number of nitrogens with one attached hydrogen (secondary N) is 2. The third-order valence-electron chi connectivity index (χ3n) is 7.57. The van der Waals surface area contributed by atoms with E-state index in [1.165, 1.54) is 53.8 Å². The van der Waals surface area contributed by atoms with Gasteiger partial charge in [-0.1, -0.05) is 13.8 Å². The summed E-state index contributed by atoms with van der Waals surface area (Å²) in [5, 5.41) is 4.80. The van der Waals surface area contributed by atoms with Crippen molar-refractivity contribution < 1.29 is 9.47 Å². The fourth-order valence-corrected chi connectivity index (χ4v) is 5.75. The predicted molar refractivity (Wildman–Crippen MR) is 141 cm³/mol. The van der Waals surface area contributed by atoms with Gasteiger partial charge in [0.2, 0.25) is 0 Å². The molecule has 2 aliphatic rings. The molecule has 0 spiro atoms. The Hall–Kier alpha value is -2.70. The molecule has 0 aliphatic carbocycles. The van der Waals surface area contributed by atoms with Crippen LogP contribution in [-0.2, 0) is 0 Å². The van der Waals surface area contributed by atoms with Crippen LogP contribution >= 0.6 is 0 Å². The number of benzene rings is 2. The van der Waals surface area contributed by atoms with Gasteiger partial charge in [0.25, 0.3) is 0 Å². The standard InChI is InChI=1S/C28H38N4O2/c1-19(2)27-23-18-22(31-13-9-21(10-14-31)32-15-11-29-12-16-32)6-7-24(23)30-28(27)20-5-8-25(33-3)26(17-20)34-4/h5-8,17-19,21,29-30H,9-16H2,1-4H3. The maximum absolute atomic E-state index is 5.57. The van der Waals surface area contributed by atoms with E-state index in [2.05, 4.69) is 64.3 Å². The van der Waals surface area contributed by atoms with Gasteiger partial charge in [0.05, 0.1) is 19.9 Å². The zero-order valence-corrected chi connectivity index (χ0v) is 21.0. The number of anilines is 1. The molecule has 3 heterocycles. The SMILES string of the molecule is COc1ccc(-c2[nH]c3ccc(N4CCC(N5CCNCC5)CC4)cc3c2C(C)C)cc1OC. The van der Waals surface area contributed by atoms with Crippen LogP contribution < -0.4 is 19.7 Å². The minimum absolute atomic E-state index is 0.394. The van der Waals surface area contributed by atoms with Crippen molar-refractivity contribution in [3.63, 3.8) is 0 Å². The number of aromatic amines is 1. The third-order valence-corrected chi connectivity index (χ3v) is 7.57. The lowest BCUT2D eigenvalue weighted by atomic mass is 9.95. The molecule has 0 radical (unpaired) electrons. The van der Waals surface area contributed by atoms with Crippen molar-refractivity contribution in [2.45, 2.75) is 38.6 Å². The lowest BCUT2D eigenvalue weighted by molar-refractivity contribution is 0.150. The fraction of sp³-hybridized carbons (Fsp3) is 0.500. The Morgan fingerprint density at radius 3 is 2.29 bits per heavy atom. The molecular weight excluding hydrogens is 424 g/mol. The van der Waals surface area contributed by atoms with E-state index in [1.807, 2.05) is 6.07 Å². The normalized spacial score (nSPS) is 18.1. The van der Waals surface area contributed by atoms with Crippen molar-refractivity contribution in [2.24, 2.45) is 0 Å². The Morgan fingerprint density at radius 2 is 1.62 bits per heavy atom. The molecule has 34 heavy (non-hydrogen) atoms. The van der Waals surface area contributed by atoms with E-state index in [9.17, 15) is 0 Å². The maximum atomic E-state index is 5.57. The van der Waals surface area contributed by atoms with Gasteiger partial charge in [-0.05, 0) is 60.7 Å². The van der Waals surface area contributed by atoms with Gasteiger partial charge in [0.1, 0.15) is 0 Å². The number of hydrogen-bond donors (Lipinski definition) is 2. The Morgan fingerprint density at radius 1 is 0.882 bits per heavy atom. The molecule has 0 unspecified atom stereocenters. The average molecular weight is 463 g/mol. The van der Waals surface area contributed by atoms with Gasteiger partial charge in [-0.15, -0.1) is 0 Å². The fourth-order valence-electron chi connectivity index (χ4n) is 5.75. The van der Waals surface area contributed by atoms with E-state index in [-0.39, 0.29) is 0 Å². The number of aromatic nitrogens is 1. The number of hydrogen-bond acceptors (Lipinski definition) is 5. The summed E-state index contributed by atoms with van der Waals surface area (Å²) in [7, 11) is 3.36. The van der Waals surface area contributed by atoms with E-state index < -0.39 is 0 Å². The average Bonchev–Trinajstić information content (AvgIpc) is 3.28. The molecule has 182 valence electrons. The Labute approximate surface area is 203 Å². The van der Waals surface area contributed by atoms with E-state index in [0.29, 0.717) is 5.92 Å². The van der Waals surface area contributed by atoms with E-state index in [1.54, 1.807) is 14.2 Å². The maximum Gasteiger partial charge on any atom is 0.161 e. The number of rotatable bonds is 6. The highest BCUT2D eigenvalue weighted by atomic mass is 16.5. The molecule has 0 saturated carbocycles. The zero-order valence-electron chi connectivity index (χ0n) is 21.0. The Kier molecular flexibility index (Phi) is 6.70. The number of H-pyrrole nitrogens is 1. The molecular formula is C28H38N4O2. The molecule has 2 N–H and O–H groups in total. The largest absolute Gasteiger partial charge is 0.493 e. The molecule has 2 saturated heterocycles. The molecule has 5 rings (SSSR count). The number of ether oxygens (including phenoxy) is 2. The monoisotopic (exact) mass is 462 g/mol. The highest BCUT2D eigenvalue weighted by molar-refractivity contribution is 5.93. The summed E-state index contributed by atoms with van der Waals surface area (Å²) in [6.45, 7) is 11.5. The summed E-state index contributed by atoms with van der Waals surface area (Å²) < 4.78 is 11.0. The summed E-state index contributed by atoms with van der Waals surface area (Å²) in [6.07, 6.45) is 2.50. The van der Waals surface area contributed by atoms with Crippen molar-refractivity contribution in [1.29, 1.82) is 0 Å². The molecule has 6 nitrogen and oxygen atoms in total. The topological polar surface area (TPSA) is 52.8 Å². The lowest BCUT2D eigenvalue weighted by Crippen LogP contribution is -2.52. The second-order valence-electron chi connectivity index (χ2n) is 9.87. The second-order valence-corrected chi connectivity index (χ2v) is 9.87. The number of piperidine rings is 1. The summed E-state index contributed by atoms with van der Waals surface area (Å²) in [6, 6.07) is 13.8. The quantitative estimate of drug-likeness (QED) is 0.549. The van der Waals surface area contributed by atoms with Crippen molar-refractivity contribution in [3.05, 3.63) is 42.0 Å². The van der Waals surface area contributed by atoms with Crippen LogP contribution in [0.5, 0.6) is 11.5 Å². The zero-order chi connectivity index (χ0) is 23.7. The van der Waals surface area contributed by atoms with Gasteiger partial charge >= 0.3 is 0 Å². The first-order valence-electron chi connectivity index (χ1n) is 12.7. The highest BCUT2D eigenvalue weighted by Crippen LogP contribution is 2.40. The second kappa shape index (κ2) is 9.88. The molecule has 0 bridgehead atoms. The van der Waals surface area contributed by atoms with E-state index in [4.69, 9.17) is 9.47 Å². The summed E-state index contributed by atoms with van der Waals surface area (Å²) in [5.74, 6) is 1.90. The molecule has 2 fully saturated rings. The van der Waals surface area contributed by atoms with Crippen LogP contribution in [0.4, 0.5) is 5.69 Å². The highest BCUT2D eigenvalue weighted by Gasteiger charge is 2.26. The molecule has 0 atom stereocenters. The van der Waals surface area contributed by atoms with Gasteiger partial charge < -0.3 is 24.7 Å². The van der Waals surface area contributed by atoms with Gasteiger partial charge in [0, 0.05) is 67.5 Å². The van der Waals surface area contributed by atoms with E-state index >= 15 is 0 Å². The lowest BCUT2D eigenvalue weighted by Gasteiger charge is -2.41. The summed E-state index contributed by atoms with van der Waals surface area (Å²) >= 11 is 0. The van der Waals surface area contributed by atoms with Crippen molar-refractivity contribution in [2.75, 3.05) is 58.4 Å². The smallest absolute Gasteiger partial charge is 0.161 e. The summed E-state index contributed by atoms with van der Waals surface area (Å²) in [4.78, 5) is 8.97. The number of piperazine rings is 1. The molecule has 2 aliphatic heterocycles. The van der Waals surface area contributed by atoms with Crippen LogP contribution in [-0.4, -0.2) is 69.4 Å². The minimum atomic E-state index is 0.394. The summed E-state index contributed by atoms with van der Waals surface area (Å²) in [5.41, 5.74) is 6.18. The van der Waals surface area contributed by atoms with Gasteiger partial charge in [-0.25, -0.2) is 0 Å². The number of methoxy groups -OCH3 is 2. The first kappa shape index (κ1) is 23.1. The van der Waals surface area contributed by atoms with Gasteiger partial charge in [-0.2, -0.15) is 0 Å². The first-order chi connectivity index (χ1) is 16.6. The van der Waals surface area contributed by atoms with Crippen LogP contribution in [0.2, 0.25) is 0 Å². The Balaban J connectivity index is 1.43. The molecule has 1 aromatic heterocycles. The predicted octanol–water partition coefficient (Wildman–Crippen LogP) is 4.85. The van der Waals surface area contributed by atoms with Crippen LogP contribution in [0.25, 0.3) is 22.2 Å². The van der Waals surface area contributed by atoms with Crippen molar-refractivity contribution in [3.8, 4) is 22.8 Å². The van der Waals surface area contributed by atoms with Gasteiger partial charge in [0.15, 0.2) is 11.5 Å². The van der Waals surface area contributed by atoms with Crippen molar-refractivity contribution in [1.82, 2.24) is 15.2 Å². The minimum Gasteiger partial charge on any atom is -0.493 e. The molecule has 2 aromatic carbocycles. The van der Waals surface area contributed by atoms with Gasteiger partial charge in [-0.3, -0.25) is 4.90 Å². The van der Waals surface area contributed by atoms with Crippen LogP contribution in [0.3, 0.4) is 0 Å². The van der Waals surface area contributed by atoms with Crippen LogP contribution in [0.15, 0.2) is 36.4 Å². The molecule has 0 amide bonds. The first-order valence-corrected chi connectivity index (χ1v) is 12.7. The van der Waals surface area contributed by atoms with Crippen LogP contribution in [0, 0.1) is 0 Å². The Bertz CT molecular complexity index is 1120. The molecule has 6 heteroatoms. The van der Waals surface area contributed by atoms with Crippen molar-refractivity contribution >= 4 is 16.6 Å². The number of fused-ring (bicyclic) bond motifs is 1. The van der Waals surface area contributed by atoms with E-state index in [0.717, 1.165) is 49.3 Å². The number of nitrogens with zero attached hydrogens (tertiary/aromatic N) is 2. The van der Waals surface area contributed by atoms with Crippen LogP contribution in [0.1, 0.15) is 38.2 Å². The molecule has 3 aromatic rings. The third kappa shape index (κ3) is 4.37.